The van der Waals surface area contributed by atoms with Crippen molar-refractivity contribution in [2.75, 3.05) is 44.7 Å². The summed E-state index contributed by atoms with van der Waals surface area (Å²) >= 11 is 12.0. The van der Waals surface area contributed by atoms with Crippen LogP contribution in [0.4, 0.5) is 5.69 Å². The van der Waals surface area contributed by atoms with Crippen molar-refractivity contribution in [3.63, 3.8) is 0 Å². The van der Waals surface area contributed by atoms with Gasteiger partial charge in [0.1, 0.15) is 0 Å². The average Bonchev–Trinajstić information content (AvgIpc) is 2.82. The van der Waals surface area contributed by atoms with Gasteiger partial charge in [-0.05, 0) is 61.2 Å². The summed E-state index contributed by atoms with van der Waals surface area (Å²) in [4.78, 5) is 2.34. The number of ether oxygens (including phenoxy) is 1. The molecule has 1 N–H and O–H groups in total. The van der Waals surface area contributed by atoms with Gasteiger partial charge in [0.15, 0.2) is 5.11 Å². The van der Waals surface area contributed by atoms with E-state index < -0.39 is 10.0 Å². The fraction of sp³-hybridized carbons (Fsp3) is 0.435. The fourth-order valence-corrected chi connectivity index (χ4v) is 6.07. The van der Waals surface area contributed by atoms with Crippen LogP contribution in [0.15, 0.2) is 53.4 Å². The third-order valence-electron chi connectivity index (χ3n) is 6.06. The van der Waals surface area contributed by atoms with Gasteiger partial charge in [0, 0.05) is 26.2 Å². The Morgan fingerprint density at radius 3 is 2.44 bits per heavy atom. The summed E-state index contributed by atoms with van der Waals surface area (Å²) in [6.45, 7) is 3.25. The van der Waals surface area contributed by atoms with Crippen LogP contribution in [0.3, 0.4) is 0 Å². The Morgan fingerprint density at radius 1 is 1.06 bits per heavy atom. The minimum atomic E-state index is -3.60. The lowest BCUT2D eigenvalue weighted by molar-refractivity contribution is 0.0730. The summed E-state index contributed by atoms with van der Waals surface area (Å²) < 4.78 is 32.7. The number of halogens is 1. The SMILES string of the molecule is O=S(=O)(c1ccc(Cl)c(NC(=S)N2CCC(Cc3ccccc3)CC2)c1)N1CCOCC1. The molecule has 172 valence electrons. The first-order chi connectivity index (χ1) is 15.4. The predicted octanol–water partition coefficient (Wildman–Crippen LogP) is 4.01. The van der Waals surface area contributed by atoms with E-state index in [4.69, 9.17) is 28.6 Å². The molecule has 32 heavy (non-hydrogen) atoms. The van der Waals surface area contributed by atoms with Crippen LogP contribution in [-0.2, 0) is 21.2 Å². The predicted molar refractivity (Wildman–Crippen MR) is 132 cm³/mol. The number of nitrogens with zero attached hydrogens (tertiary/aromatic N) is 2. The average molecular weight is 494 g/mol. The van der Waals surface area contributed by atoms with Crippen LogP contribution in [0, 0.1) is 5.92 Å². The summed E-state index contributed by atoms with van der Waals surface area (Å²) in [5.74, 6) is 0.641. The molecule has 0 spiro atoms. The standard InChI is InChI=1S/C23H28ClN3O3S2/c24-21-7-6-20(32(28,29)27-12-14-30-15-13-27)17-22(21)25-23(31)26-10-8-19(9-11-26)16-18-4-2-1-3-5-18/h1-7,17,19H,8-16H2,(H,25,31). The smallest absolute Gasteiger partial charge is 0.243 e. The molecule has 0 unspecified atom stereocenters. The normalized spacial score (nSPS) is 18.5. The Balaban J connectivity index is 1.37. The number of morpholine rings is 1. The fourth-order valence-electron chi connectivity index (χ4n) is 4.18. The second-order valence-electron chi connectivity index (χ2n) is 8.21. The second kappa shape index (κ2) is 10.5. The molecule has 0 radical (unpaired) electrons. The van der Waals surface area contributed by atoms with Gasteiger partial charge in [-0.3, -0.25) is 0 Å². The molecule has 0 aliphatic carbocycles. The molecule has 0 bridgehead atoms. The van der Waals surface area contributed by atoms with Crippen LogP contribution in [-0.4, -0.2) is 62.1 Å². The van der Waals surface area contributed by atoms with Gasteiger partial charge >= 0.3 is 0 Å². The molecule has 4 rings (SSSR count). The summed E-state index contributed by atoms with van der Waals surface area (Å²) in [6.07, 6.45) is 3.22. The zero-order valence-corrected chi connectivity index (χ0v) is 20.3. The van der Waals surface area contributed by atoms with E-state index in [2.05, 4.69) is 34.5 Å². The molecular weight excluding hydrogens is 466 g/mol. The molecule has 2 fully saturated rings. The Labute approximate surface area is 200 Å². The number of anilines is 1. The maximum absolute atomic E-state index is 13.0. The largest absolute Gasteiger partial charge is 0.379 e. The van der Waals surface area contributed by atoms with E-state index >= 15 is 0 Å². The quantitative estimate of drug-likeness (QED) is 0.635. The van der Waals surface area contributed by atoms with Crippen molar-refractivity contribution < 1.29 is 13.2 Å². The van der Waals surface area contributed by atoms with Crippen molar-refractivity contribution in [2.24, 2.45) is 5.92 Å². The number of rotatable bonds is 5. The van der Waals surface area contributed by atoms with Gasteiger partial charge in [-0.2, -0.15) is 4.31 Å². The molecule has 0 amide bonds. The third-order valence-corrected chi connectivity index (χ3v) is 8.64. The minimum Gasteiger partial charge on any atom is -0.379 e. The molecule has 2 aliphatic heterocycles. The minimum absolute atomic E-state index is 0.204. The van der Waals surface area contributed by atoms with E-state index in [0.717, 1.165) is 32.4 Å². The van der Waals surface area contributed by atoms with Crippen molar-refractivity contribution >= 4 is 44.6 Å². The molecule has 0 aromatic heterocycles. The Hall–Kier alpha value is -1.71. The topological polar surface area (TPSA) is 61.9 Å². The van der Waals surface area contributed by atoms with Gasteiger partial charge in [0.25, 0.3) is 0 Å². The summed E-state index contributed by atoms with van der Waals surface area (Å²) in [5, 5.41) is 4.19. The van der Waals surface area contributed by atoms with E-state index in [1.807, 2.05) is 6.07 Å². The summed E-state index contributed by atoms with van der Waals surface area (Å²) in [5.41, 5.74) is 1.88. The Kier molecular flexibility index (Phi) is 7.68. The number of hydrogen-bond donors (Lipinski definition) is 1. The first-order valence-electron chi connectivity index (χ1n) is 10.9. The molecule has 6 nitrogen and oxygen atoms in total. The molecule has 2 heterocycles. The molecular formula is C23H28ClN3O3S2. The number of benzene rings is 2. The van der Waals surface area contributed by atoms with Crippen LogP contribution in [0.25, 0.3) is 0 Å². The molecule has 0 atom stereocenters. The van der Waals surface area contributed by atoms with Crippen LogP contribution >= 0.6 is 23.8 Å². The van der Waals surface area contributed by atoms with Crippen molar-refractivity contribution in [1.82, 2.24) is 9.21 Å². The highest BCUT2D eigenvalue weighted by Crippen LogP contribution is 2.28. The van der Waals surface area contributed by atoms with Gasteiger partial charge in [-0.25, -0.2) is 8.42 Å². The number of thiocarbonyl (C=S) groups is 1. The third kappa shape index (κ3) is 5.61. The lowest BCUT2D eigenvalue weighted by Crippen LogP contribution is -2.41. The highest BCUT2D eigenvalue weighted by Gasteiger charge is 2.27. The lowest BCUT2D eigenvalue weighted by atomic mass is 9.90. The van der Waals surface area contributed by atoms with Crippen LogP contribution in [0.5, 0.6) is 0 Å². The van der Waals surface area contributed by atoms with Crippen LogP contribution in [0.2, 0.25) is 5.02 Å². The maximum Gasteiger partial charge on any atom is 0.243 e. The number of nitrogens with one attached hydrogen (secondary N) is 1. The number of hydrogen-bond acceptors (Lipinski definition) is 4. The monoisotopic (exact) mass is 493 g/mol. The van der Waals surface area contributed by atoms with Crippen LogP contribution < -0.4 is 5.32 Å². The van der Waals surface area contributed by atoms with E-state index in [-0.39, 0.29) is 4.90 Å². The van der Waals surface area contributed by atoms with Gasteiger partial charge in [0.2, 0.25) is 10.0 Å². The van der Waals surface area contributed by atoms with Gasteiger partial charge in [0.05, 0.1) is 28.8 Å². The molecule has 0 saturated carbocycles. The molecule has 2 saturated heterocycles. The molecule has 2 aromatic rings. The molecule has 9 heteroatoms. The number of likely N-dealkylation sites (tertiary alicyclic amines) is 1. The zero-order valence-electron chi connectivity index (χ0n) is 17.9. The van der Waals surface area contributed by atoms with Crippen molar-refractivity contribution in [2.45, 2.75) is 24.2 Å². The van der Waals surface area contributed by atoms with Crippen molar-refractivity contribution in [1.29, 1.82) is 0 Å². The first kappa shape index (κ1) is 23.4. The summed E-state index contributed by atoms with van der Waals surface area (Å²) in [7, 11) is -3.60. The van der Waals surface area contributed by atoms with E-state index in [1.165, 1.54) is 15.9 Å². The highest BCUT2D eigenvalue weighted by atomic mass is 35.5. The number of sulfonamides is 1. The first-order valence-corrected chi connectivity index (χ1v) is 13.1. The van der Waals surface area contributed by atoms with Gasteiger partial charge in [-0.15, -0.1) is 0 Å². The zero-order chi connectivity index (χ0) is 22.6. The summed E-state index contributed by atoms with van der Waals surface area (Å²) in [6, 6.07) is 15.3. The maximum atomic E-state index is 13.0. The van der Waals surface area contributed by atoms with Crippen molar-refractivity contribution in [3.05, 3.63) is 59.1 Å². The Morgan fingerprint density at radius 2 is 1.75 bits per heavy atom. The highest BCUT2D eigenvalue weighted by molar-refractivity contribution is 7.89. The van der Waals surface area contributed by atoms with Crippen molar-refractivity contribution in [3.8, 4) is 0 Å². The molecule has 2 aliphatic rings. The second-order valence-corrected chi connectivity index (χ2v) is 10.9. The van der Waals surface area contributed by atoms with E-state index in [0.29, 0.717) is 48.0 Å². The molecule has 2 aromatic carbocycles. The van der Waals surface area contributed by atoms with E-state index in [9.17, 15) is 8.42 Å². The van der Waals surface area contributed by atoms with Gasteiger partial charge < -0.3 is 15.0 Å². The van der Waals surface area contributed by atoms with Gasteiger partial charge in [-0.1, -0.05) is 41.9 Å². The van der Waals surface area contributed by atoms with Crippen LogP contribution in [0.1, 0.15) is 18.4 Å². The lowest BCUT2D eigenvalue weighted by Gasteiger charge is -2.34. The number of piperidine rings is 1. The van der Waals surface area contributed by atoms with E-state index in [1.54, 1.807) is 12.1 Å². The Bertz CT molecular complexity index is 1040.